The highest BCUT2D eigenvalue weighted by Crippen LogP contribution is 2.14. The number of carbonyl (C=O) groups excluding carboxylic acids is 2. The number of hydrogen-bond acceptors (Lipinski definition) is 3. The number of esters is 1. The zero-order valence-electron chi connectivity index (χ0n) is 11.4. The molecule has 0 bridgehead atoms. The van der Waals surface area contributed by atoms with Gasteiger partial charge in [-0.25, -0.2) is 4.79 Å². The number of halogens is 1. The van der Waals surface area contributed by atoms with E-state index in [0.29, 0.717) is 16.3 Å². The molecule has 1 amide bonds. The maximum Gasteiger partial charge on any atom is 0.330 e. The van der Waals surface area contributed by atoms with Crippen LogP contribution < -0.4 is 10.1 Å². The minimum absolute atomic E-state index is 0.224. The Bertz CT molecular complexity index is 670. The van der Waals surface area contributed by atoms with E-state index >= 15 is 0 Å². The third kappa shape index (κ3) is 4.33. The molecule has 0 radical (unpaired) electrons. The summed E-state index contributed by atoms with van der Waals surface area (Å²) in [4.78, 5) is 23.5. The lowest BCUT2D eigenvalue weighted by Gasteiger charge is -2.07. The van der Waals surface area contributed by atoms with E-state index < -0.39 is 11.9 Å². The van der Waals surface area contributed by atoms with Gasteiger partial charge in [0, 0.05) is 0 Å². The summed E-state index contributed by atoms with van der Waals surface area (Å²) in [7, 11) is 0. The van der Waals surface area contributed by atoms with Crippen LogP contribution in [0.4, 0.5) is 0 Å². The topological polar surface area (TPSA) is 55.4 Å². The number of aryl methyl sites for hydroxylation is 1. The fourth-order valence-corrected chi connectivity index (χ4v) is 1.96. The van der Waals surface area contributed by atoms with Gasteiger partial charge in [0.05, 0.1) is 10.6 Å². The van der Waals surface area contributed by atoms with Gasteiger partial charge in [-0.3, -0.25) is 4.79 Å². The van der Waals surface area contributed by atoms with Crippen LogP contribution in [0.15, 0.2) is 48.5 Å². The highest BCUT2D eigenvalue weighted by molar-refractivity contribution is 6.33. The smallest absolute Gasteiger partial charge is 0.330 e. The van der Waals surface area contributed by atoms with E-state index in [-0.39, 0.29) is 6.54 Å². The second kappa shape index (κ2) is 6.90. The van der Waals surface area contributed by atoms with Gasteiger partial charge in [-0.15, -0.1) is 0 Å². The summed E-state index contributed by atoms with van der Waals surface area (Å²) in [6, 6.07) is 13.7. The monoisotopic (exact) mass is 303 g/mol. The van der Waals surface area contributed by atoms with E-state index in [2.05, 4.69) is 5.32 Å². The maximum atomic E-state index is 11.9. The van der Waals surface area contributed by atoms with Gasteiger partial charge in [0.15, 0.2) is 0 Å². The highest BCUT2D eigenvalue weighted by atomic mass is 35.5. The van der Waals surface area contributed by atoms with Gasteiger partial charge in [0.1, 0.15) is 12.3 Å². The van der Waals surface area contributed by atoms with E-state index in [1.54, 1.807) is 42.5 Å². The molecule has 0 unspecified atom stereocenters. The Kier molecular flexibility index (Phi) is 4.95. The maximum absolute atomic E-state index is 11.9. The van der Waals surface area contributed by atoms with Crippen LogP contribution in [0.25, 0.3) is 0 Å². The molecule has 0 spiro atoms. The number of amides is 1. The van der Waals surface area contributed by atoms with E-state index in [0.717, 1.165) is 5.56 Å². The van der Waals surface area contributed by atoms with Gasteiger partial charge in [0.25, 0.3) is 5.91 Å². The zero-order chi connectivity index (χ0) is 15.2. The number of carbonyl (C=O) groups is 2. The van der Waals surface area contributed by atoms with E-state index in [1.165, 1.54) is 0 Å². The fourth-order valence-electron chi connectivity index (χ4n) is 1.74. The Labute approximate surface area is 127 Å². The molecule has 1 N–H and O–H groups in total. The van der Waals surface area contributed by atoms with Gasteiger partial charge >= 0.3 is 5.97 Å². The van der Waals surface area contributed by atoms with Crippen molar-refractivity contribution in [1.29, 1.82) is 0 Å². The molecule has 2 rings (SSSR count). The predicted octanol–water partition coefficient (Wildman–Crippen LogP) is 2.98. The van der Waals surface area contributed by atoms with Crippen molar-refractivity contribution in [2.75, 3.05) is 6.54 Å². The summed E-state index contributed by atoms with van der Waals surface area (Å²) >= 11 is 5.90. The van der Waals surface area contributed by atoms with E-state index in [9.17, 15) is 9.59 Å². The summed E-state index contributed by atoms with van der Waals surface area (Å²) in [5.41, 5.74) is 1.31. The molecule has 2 aromatic carbocycles. The lowest BCUT2D eigenvalue weighted by atomic mass is 10.2. The zero-order valence-corrected chi connectivity index (χ0v) is 12.2. The quantitative estimate of drug-likeness (QED) is 0.698. The van der Waals surface area contributed by atoms with Crippen molar-refractivity contribution in [1.82, 2.24) is 5.32 Å². The normalized spacial score (nSPS) is 10.0. The van der Waals surface area contributed by atoms with Crippen LogP contribution in [0.3, 0.4) is 0 Å². The summed E-state index contributed by atoms with van der Waals surface area (Å²) in [6.45, 7) is 1.68. The van der Waals surface area contributed by atoms with Crippen LogP contribution in [0.5, 0.6) is 5.75 Å². The molecular formula is C16H14ClNO3. The second-order valence-electron chi connectivity index (χ2n) is 4.45. The van der Waals surface area contributed by atoms with Crippen LogP contribution in [-0.4, -0.2) is 18.4 Å². The Morgan fingerprint density at radius 2 is 1.90 bits per heavy atom. The SMILES string of the molecule is Cc1cccc(OC(=O)CNC(=O)c2ccccc2Cl)c1. The summed E-state index contributed by atoms with van der Waals surface area (Å²) in [5, 5.41) is 2.81. The molecule has 21 heavy (non-hydrogen) atoms. The molecule has 0 aliphatic carbocycles. The summed E-state index contributed by atoms with van der Waals surface area (Å²) in [6.07, 6.45) is 0. The second-order valence-corrected chi connectivity index (χ2v) is 4.86. The first-order chi connectivity index (χ1) is 10.1. The van der Waals surface area contributed by atoms with Gasteiger partial charge in [0.2, 0.25) is 0 Å². The average molecular weight is 304 g/mol. The van der Waals surface area contributed by atoms with Crippen LogP contribution in [0.1, 0.15) is 15.9 Å². The van der Waals surface area contributed by atoms with Crippen LogP contribution in [0.2, 0.25) is 5.02 Å². The van der Waals surface area contributed by atoms with E-state index in [4.69, 9.17) is 16.3 Å². The first-order valence-corrected chi connectivity index (χ1v) is 6.74. The molecule has 0 heterocycles. The molecule has 5 heteroatoms. The third-order valence-electron chi connectivity index (χ3n) is 2.73. The van der Waals surface area contributed by atoms with Crippen molar-refractivity contribution in [2.45, 2.75) is 6.92 Å². The van der Waals surface area contributed by atoms with Gasteiger partial charge < -0.3 is 10.1 Å². The predicted molar refractivity (Wildman–Crippen MR) is 80.6 cm³/mol. The molecular weight excluding hydrogens is 290 g/mol. The molecule has 4 nitrogen and oxygen atoms in total. The molecule has 0 saturated carbocycles. The van der Waals surface area contributed by atoms with Crippen molar-refractivity contribution in [3.63, 3.8) is 0 Å². The molecule has 0 aliphatic heterocycles. The van der Waals surface area contributed by atoms with Crippen molar-refractivity contribution in [3.05, 3.63) is 64.7 Å². The Morgan fingerprint density at radius 1 is 1.14 bits per heavy atom. The lowest BCUT2D eigenvalue weighted by molar-refractivity contribution is -0.133. The summed E-state index contributed by atoms with van der Waals surface area (Å²) < 4.78 is 5.13. The number of nitrogens with one attached hydrogen (secondary N) is 1. The van der Waals surface area contributed by atoms with Crippen molar-refractivity contribution < 1.29 is 14.3 Å². The van der Waals surface area contributed by atoms with Crippen molar-refractivity contribution in [2.24, 2.45) is 0 Å². The molecule has 108 valence electrons. The highest BCUT2D eigenvalue weighted by Gasteiger charge is 2.12. The Morgan fingerprint density at radius 3 is 2.62 bits per heavy atom. The Hall–Kier alpha value is -2.33. The van der Waals surface area contributed by atoms with E-state index in [1.807, 2.05) is 13.0 Å². The van der Waals surface area contributed by atoms with Gasteiger partial charge in [-0.05, 0) is 36.8 Å². The summed E-state index contributed by atoms with van der Waals surface area (Å²) in [5.74, 6) is -0.505. The first-order valence-electron chi connectivity index (χ1n) is 6.36. The fraction of sp³-hybridized carbons (Fsp3) is 0.125. The minimum atomic E-state index is -0.541. The molecule has 0 fully saturated rings. The molecule has 2 aromatic rings. The lowest BCUT2D eigenvalue weighted by Crippen LogP contribution is -2.32. The van der Waals surface area contributed by atoms with Crippen molar-refractivity contribution in [3.8, 4) is 5.75 Å². The number of benzene rings is 2. The van der Waals surface area contributed by atoms with Crippen LogP contribution in [0, 0.1) is 6.92 Å². The average Bonchev–Trinajstić information content (AvgIpc) is 2.45. The Balaban J connectivity index is 1.90. The molecule has 0 saturated heterocycles. The van der Waals surface area contributed by atoms with Crippen LogP contribution in [-0.2, 0) is 4.79 Å². The molecule has 0 aromatic heterocycles. The number of ether oxygens (including phenoxy) is 1. The number of rotatable bonds is 4. The third-order valence-corrected chi connectivity index (χ3v) is 3.06. The molecule has 0 atom stereocenters. The van der Waals surface area contributed by atoms with Crippen LogP contribution >= 0.6 is 11.6 Å². The van der Waals surface area contributed by atoms with Gasteiger partial charge in [-0.1, -0.05) is 35.9 Å². The largest absolute Gasteiger partial charge is 0.425 e. The molecule has 0 aliphatic rings. The van der Waals surface area contributed by atoms with Gasteiger partial charge in [-0.2, -0.15) is 0 Å². The number of hydrogen-bond donors (Lipinski definition) is 1. The first kappa shape index (κ1) is 15.1. The standard InChI is InChI=1S/C16H14ClNO3/c1-11-5-4-6-12(9-11)21-15(19)10-18-16(20)13-7-2-3-8-14(13)17/h2-9H,10H2,1H3,(H,18,20). The van der Waals surface area contributed by atoms with Crippen molar-refractivity contribution >= 4 is 23.5 Å². The minimum Gasteiger partial charge on any atom is -0.425 e.